The second kappa shape index (κ2) is 5.40. The Kier molecular flexibility index (Phi) is 3.84. The summed E-state index contributed by atoms with van der Waals surface area (Å²) in [6.45, 7) is 1.78. The molecule has 0 saturated carbocycles. The third-order valence-corrected chi connectivity index (χ3v) is 3.17. The summed E-state index contributed by atoms with van der Waals surface area (Å²) in [5.41, 5.74) is 7.59. The number of hydrogen-bond donors (Lipinski definition) is 2. The molecule has 0 aliphatic rings. The zero-order valence-corrected chi connectivity index (χ0v) is 12.0. The minimum atomic E-state index is -0.323. The average molecular weight is 327 g/mol. The van der Waals surface area contributed by atoms with Gasteiger partial charge in [0.2, 0.25) is 5.88 Å². The molecule has 3 N–H and O–H groups in total. The fourth-order valence-corrected chi connectivity index (χ4v) is 1.89. The van der Waals surface area contributed by atoms with Gasteiger partial charge in [-0.05, 0) is 40.5 Å². The third-order valence-electron chi connectivity index (χ3n) is 2.56. The van der Waals surface area contributed by atoms with Crippen molar-refractivity contribution in [1.82, 2.24) is 9.97 Å². The number of aryl methyl sites for hydroxylation is 1. The van der Waals surface area contributed by atoms with Gasteiger partial charge < -0.3 is 15.8 Å². The summed E-state index contributed by atoms with van der Waals surface area (Å²) < 4.78 is 18.7. The molecule has 0 unspecified atom stereocenters. The van der Waals surface area contributed by atoms with E-state index in [0.29, 0.717) is 21.7 Å². The summed E-state index contributed by atoms with van der Waals surface area (Å²) in [6.07, 6.45) is 1.34. The van der Waals surface area contributed by atoms with Gasteiger partial charge in [-0.15, -0.1) is 0 Å². The molecule has 2 rings (SSSR count). The van der Waals surface area contributed by atoms with E-state index in [4.69, 9.17) is 10.5 Å². The Morgan fingerprint density at radius 3 is 2.79 bits per heavy atom. The quantitative estimate of drug-likeness (QED) is 0.907. The van der Waals surface area contributed by atoms with Crippen molar-refractivity contribution in [3.8, 4) is 5.88 Å². The molecule has 0 spiro atoms. The molecule has 7 heteroatoms. The number of nitrogen functional groups attached to an aromatic ring is 1. The largest absolute Gasteiger partial charge is 0.479 e. The lowest BCUT2D eigenvalue weighted by Gasteiger charge is -2.12. The number of anilines is 3. The fraction of sp³-hybridized carbons (Fsp3) is 0.167. The highest BCUT2D eigenvalue weighted by Crippen LogP contribution is 2.30. The molecule has 1 aromatic heterocycles. The molecule has 19 heavy (non-hydrogen) atoms. The number of hydrogen-bond acceptors (Lipinski definition) is 5. The maximum absolute atomic E-state index is 13.4. The van der Waals surface area contributed by atoms with Gasteiger partial charge in [-0.2, -0.15) is 4.98 Å². The fourth-order valence-electron chi connectivity index (χ4n) is 1.55. The Morgan fingerprint density at radius 2 is 2.11 bits per heavy atom. The van der Waals surface area contributed by atoms with Crippen LogP contribution >= 0.6 is 15.9 Å². The van der Waals surface area contributed by atoms with Crippen LogP contribution in [0.1, 0.15) is 5.56 Å². The number of nitrogens with one attached hydrogen (secondary N) is 1. The molecule has 0 aliphatic carbocycles. The van der Waals surface area contributed by atoms with Gasteiger partial charge in [0.1, 0.15) is 17.8 Å². The van der Waals surface area contributed by atoms with E-state index >= 15 is 0 Å². The second-order valence-electron chi connectivity index (χ2n) is 3.85. The van der Waals surface area contributed by atoms with Gasteiger partial charge >= 0.3 is 0 Å². The summed E-state index contributed by atoms with van der Waals surface area (Å²) >= 11 is 3.14. The number of halogens is 2. The third kappa shape index (κ3) is 2.76. The molecule has 5 nitrogen and oxygen atoms in total. The lowest BCUT2D eigenvalue weighted by Crippen LogP contribution is -2.04. The van der Waals surface area contributed by atoms with E-state index in [1.54, 1.807) is 13.0 Å². The highest BCUT2D eigenvalue weighted by Gasteiger charge is 2.11. The van der Waals surface area contributed by atoms with Gasteiger partial charge in [-0.25, -0.2) is 9.37 Å². The number of methoxy groups -OCH3 is 1. The first-order valence-corrected chi connectivity index (χ1v) is 6.19. The van der Waals surface area contributed by atoms with Crippen LogP contribution in [0.3, 0.4) is 0 Å². The first-order valence-electron chi connectivity index (χ1n) is 5.40. The monoisotopic (exact) mass is 326 g/mol. The van der Waals surface area contributed by atoms with E-state index in [1.165, 1.54) is 19.5 Å². The number of ether oxygens (including phenoxy) is 1. The van der Waals surface area contributed by atoms with Crippen LogP contribution in [0.15, 0.2) is 22.9 Å². The summed E-state index contributed by atoms with van der Waals surface area (Å²) in [7, 11) is 1.47. The van der Waals surface area contributed by atoms with E-state index in [2.05, 4.69) is 31.2 Å². The minimum absolute atomic E-state index is 0.288. The van der Waals surface area contributed by atoms with Gasteiger partial charge in [-0.3, -0.25) is 0 Å². The zero-order chi connectivity index (χ0) is 14.0. The average Bonchev–Trinajstić information content (AvgIpc) is 2.38. The normalized spacial score (nSPS) is 10.3. The SMILES string of the molecule is COc1ncnc(Nc2cc(Br)c(F)cc2C)c1N. The van der Waals surface area contributed by atoms with Gasteiger partial charge in [0, 0.05) is 5.69 Å². The standard InChI is InChI=1S/C12H12BrFN4O/c1-6-3-8(14)7(13)4-9(6)18-11-10(15)12(19-2)17-5-16-11/h3-5H,15H2,1-2H3,(H,16,17,18). The van der Waals surface area contributed by atoms with Crippen LogP contribution in [-0.2, 0) is 0 Å². The lowest BCUT2D eigenvalue weighted by atomic mass is 10.2. The molecule has 0 aliphatic heterocycles. The van der Waals surface area contributed by atoms with Crippen LogP contribution < -0.4 is 15.8 Å². The molecule has 0 fully saturated rings. The summed E-state index contributed by atoms with van der Waals surface area (Å²) in [5.74, 6) is 0.376. The van der Waals surface area contributed by atoms with Crippen molar-refractivity contribution in [2.75, 3.05) is 18.2 Å². The van der Waals surface area contributed by atoms with Crippen LogP contribution in [0.2, 0.25) is 0 Å². The van der Waals surface area contributed by atoms with Crippen molar-refractivity contribution in [2.45, 2.75) is 6.92 Å². The van der Waals surface area contributed by atoms with E-state index in [9.17, 15) is 4.39 Å². The van der Waals surface area contributed by atoms with Crippen molar-refractivity contribution >= 4 is 33.1 Å². The Morgan fingerprint density at radius 1 is 1.37 bits per heavy atom. The van der Waals surface area contributed by atoms with Crippen molar-refractivity contribution in [3.05, 3.63) is 34.3 Å². The van der Waals surface area contributed by atoms with Gasteiger partial charge in [-0.1, -0.05) is 0 Å². The van der Waals surface area contributed by atoms with E-state index in [-0.39, 0.29) is 11.7 Å². The molecule has 1 aromatic carbocycles. The lowest BCUT2D eigenvalue weighted by molar-refractivity contribution is 0.399. The smallest absolute Gasteiger partial charge is 0.242 e. The van der Waals surface area contributed by atoms with Crippen LogP contribution in [0.4, 0.5) is 21.6 Å². The molecule has 0 amide bonds. The van der Waals surface area contributed by atoms with Crippen molar-refractivity contribution in [2.24, 2.45) is 0 Å². The maximum Gasteiger partial charge on any atom is 0.242 e. The number of nitrogens with two attached hydrogens (primary N) is 1. The van der Waals surface area contributed by atoms with Gasteiger partial charge in [0.25, 0.3) is 0 Å². The molecule has 1 heterocycles. The number of aromatic nitrogens is 2. The van der Waals surface area contributed by atoms with Gasteiger partial charge in [0.15, 0.2) is 5.82 Å². The Bertz CT molecular complexity index is 621. The zero-order valence-electron chi connectivity index (χ0n) is 10.4. The predicted octanol–water partition coefficient (Wildman–Crippen LogP) is 3.02. The Labute approximate surface area is 118 Å². The summed E-state index contributed by atoms with van der Waals surface area (Å²) in [4.78, 5) is 7.92. The van der Waals surface area contributed by atoms with Crippen LogP contribution in [0.25, 0.3) is 0 Å². The maximum atomic E-state index is 13.4. The van der Waals surface area contributed by atoms with Crippen molar-refractivity contribution < 1.29 is 9.13 Å². The van der Waals surface area contributed by atoms with Crippen molar-refractivity contribution in [1.29, 1.82) is 0 Å². The molecule has 100 valence electrons. The van der Waals surface area contributed by atoms with Crippen LogP contribution in [0.5, 0.6) is 5.88 Å². The highest BCUT2D eigenvalue weighted by molar-refractivity contribution is 9.10. The van der Waals surface area contributed by atoms with E-state index in [0.717, 1.165) is 5.56 Å². The van der Waals surface area contributed by atoms with E-state index < -0.39 is 0 Å². The first kappa shape index (κ1) is 13.5. The highest BCUT2D eigenvalue weighted by atomic mass is 79.9. The summed E-state index contributed by atoms with van der Waals surface area (Å²) in [5, 5.41) is 3.03. The van der Waals surface area contributed by atoms with Crippen molar-refractivity contribution in [3.63, 3.8) is 0 Å². The molecule has 2 aromatic rings. The molecule has 0 saturated heterocycles. The number of rotatable bonds is 3. The minimum Gasteiger partial charge on any atom is -0.479 e. The second-order valence-corrected chi connectivity index (χ2v) is 4.71. The number of nitrogens with zero attached hydrogens (tertiary/aromatic N) is 2. The van der Waals surface area contributed by atoms with Gasteiger partial charge in [0.05, 0.1) is 11.6 Å². The predicted molar refractivity (Wildman–Crippen MR) is 75.1 cm³/mol. The van der Waals surface area contributed by atoms with Crippen LogP contribution in [-0.4, -0.2) is 17.1 Å². The molecular formula is C12H12BrFN4O. The summed E-state index contributed by atoms with van der Waals surface area (Å²) in [6, 6.07) is 3.04. The molecule has 0 atom stereocenters. The molecule has 0 bridgehead atoms. The number of benzene rings is 1. The topological polar surface area (TPSA) is 73.1 Å². The van der Waals surface area contributed by atoms with Crippen LogP contribution in [0, 0.1) is 12.7 Å². The molecular weight excluding hydrogens is 315 g/mol. The Hall–Kier alpha value is -1.89. The van der Waals surface area contributed by atoms with E-state index in [1.807, 2.05) is 0 Å². The first-order chi connectivity index (χ1) is 9.02. The Balaban J connectivity index is 2.39. The molecule has 0 radical (unpaired) electrons.